The van der Waals surface area contributed by atoms with Gasteiger partial charge in [-0.2, -0.15) is 0 Å². The van der Waals surface area contributed by atoms with Crippen LogP contribution in [0, 0.1) is 5.92 Å². The molecule has 1 nitrogen and oxygen atoms in total. The molecule has 1 fully saturated rings. The van der Waals surface area contributed by atoms with E-state index < -0.39 is 0 Å². The predicted molar refractivity (Wildman–Crippen MR) is 60.5 cm³/mol. The second-order valence-electron chi connectivity index (χ2n) is 4.19. The maximum Gasteiger partial charge on any atom is 0.0408 e. The molecule has 0 bridgehead atoms. The van der Waals surface area contributed by atoms with Gasteiger partial charge in [-0.3, -0.25) is 0 Å². The van der Waals surface area contributed by atoms with E-state index in [9.17, 15) is 0 Å². The summed E-state index contributed by atoms with van der Waals surface area (Å²) in [5.74, 6) is 0.744. The Kier molecular flexibility index (Phi) is 3.09. The van der Waals surface area contributed by atoms with Crippen LogP contribution in [-0.2, 0) is 6.42 Å². The lowest BCUT2D eigenvalue weighted by molar-refractivity contribution is 0.260. The van der Waals surface area contributed by atoms with E-state index in [-0.39, 0.29) is 0 Å². The van der Waals surface area contributed by atoms with Crippen LogP contribution >= 0.6 is 11.6 Å². The highest BCUT2D eigenvalue weighted by molar-refractivity contribution is 6.30. The fraction of sp³-hybridized carbons (Fsp3) is 0.500. The molecule has 1 aliphatic carbocycles. The number of hydrogen-bond acceptors (Lipinski definition) is 1. The summed E-state index contributed by atoms with van der Waals surface area (Å²) in [7, 11) is 0. The van der Waals surface area contributed by atoms with Crippen LogP contribution in [0.4, 0.5) is 0 Å². The van der Waals surface area contributed by atoms with Gasteiger partial charge in [0.25, 0.3) is 0 Å². The van der Waals surface area contributed by atoms with Crippen LogP contribution in [0.1, 0.15) is 24.8 Å². The highest BCUT2D eigenvalue weighted by Crippen LogP contribution is 2.30. The molecule has 14 heavy (non-hydrogen) atoms. The SMILES string of the molecule is NC(Cc1cccc(Cl)c1)C1CCC1. The van der Waals surface area contributed by atoms with E-state index >= 15 is 0 Å². The molecule has 0 amide bonds. The lowest BCUT2D eigenvalue weighted by Crippen LogP contribution is -2.36. The van der Waals surface area contributed by atoms with Crippen molar-refractivity contribution in [3.05, 3.63) is 34.9 Å². The number of benzene rings is 1. The first-order chi connectivity index (χ1) is 6.75. The minimum Gasteiger partial charge on any atom is -0.327 e. The lowest BCUT2D eigenvalue weighted by atomic mass is 9.78. The number of nitrogens with two attached hydrogens (primary N) is 1. The minimum atomic E-state index is 0.321. The molecule has 0 heterocycles. The zero-order valence-electron chi connectivity index (χ0n) is 8.25. The van der Waals surface area contributed by atoms with Crippen molar-refractivity contribution in [1.29, 1.82) is 0 Å². The molecule has 0 aliphatic heterocycles. The maximum absolute atomic E-state index is 6.12. The normalized spacial score (nSPS) is 19.0. The van der Waals surface area contributed by atoms with E-state index in [4.69, 9.17) is 17.3 Å². The largest absolute Gasteiger partial charge is 0.327 e. The average Bonchev–Trinajstić information content (AvgIpc) is 1.99. The highest BCUT2D eigenvalue weighted by Gasteiger charge is 2.24. The Hall–Kier alpha value is -0.530. The first kappa shape index (κ1) is 10.0. The summed E-state index contributed by atoms with van der Waals surface area (Å²) in [4.78, 5) is 0. The van der Waals surface area contributed by atoms with Crippen LogP contribution in [0.15, 0.2) is 24.3 Å². The third kappa shape index (κ3) is 2.28. The molecule has 0 saturated heterocycles. The standard InChI is InChI=1S/C12H16ClN/c13-11-6-1-3-9(7-11)8-12(14)10-4-2-5-10/h1,3,6-7,10,12H,2,4-5,8,14H2. The highest BCUT2D eigenvalue weighted by atomic mass is 35.5. The van der Waals surface area contributed by atoms with Gasteiger partial charge in [0.1, 0.15) is 0 Å². The van der Waals surface area contributed by atoms with Gasteiger partial charge in [-0.05, 0) is 42.9 Å². The fourth-order valence-corrected chi connectivity index (χ4v) is 2.18. The molecule has 2 rings (SSSR count). The second-order valence-corrected chi connectivity index (χ2v) is 4.63. The van der Waals surface area contributed by atoms with Crippen molar-refractivity contribution >= 4 is 11.6 Å². The van der Waals surface area contributed by atoms with Crippen molar-refractivity contribution in [2.45, 2.75) is 31.7 Å². The van der Waals surface area contributed by atoms with Crippen LogP contribution in [0.25, 0.3) is 0 Å². The van der Waals surface area contributed by atoms with E-state index in [0.717, 1.165) is 17.4 Å². The molecule has 0 spiro atoms. The molecule has 0 radical (unpaired) electrons. The average molecular weight is 210 g/mol. The number of hydrogen-bond donors (Lipinski definition) is 1. The second kappa shape index (κ2) is 4.33. The summed E-state index contributed by atoms with van der Waals surface area (Å²) in [6.45, 7) is 0. The van der Waals surface area contributed by atoms with Crippen molar-refractivity contribution in [2.24, 2.45) is 11.7 Å². The monoisotopic (exact) mass is 209 g/mol. The van der Waals surface area contributed by atoms with Gasteiger partial charge in [0, 0.05) is 11.1 Å². The van der Waals surface area contributed by atoms with Gasteiger partial charge >= 0.3 is 0 Å². The number of halogens is 1. The molecule has 1 aromatic rings. The van der Waals surface area contributed by atoms with E-state index in [1.165, 1.54) is 24.8 Å². The number of rotatable bonds is 3. The van der Waals surface area contributed by atoms with Gasteiger partial charge in [-0.15, -0.1) is 0 Å². The van der Waals surface area contributed by atoms with E-state index in [2.05, 4.69) is 6.07 Å². The van der Waals surface area contributed by atoms with E-state index in [0.29, 0.717) is 6.04 Å². The molecule has 1 atom stereocenters. The third-order valence-electron chi connectivity index (χ3n) is 3.12. The lowest BCUT2D eigenvalue weighted by Gasteiger charge is -2.31. The summed E-state index contributed by atoms with van der Waals surface area (Å²) in [6, 6.07) is 8.33. The molecule has 1 aromatic carbocycles. The molecule has 1 unspecified atom stereocenters. The summed E-state index contributed by atoms with van der Waals surface area (Å²) < 4.78 is 0. The van der Waals surface area contributed by atoms with Gasteiger partial charge in [0.2, 0.25) is 0 Å². The van der Waals surface area contributed by atoms with Crippen LogP contribution < -0.4 is 5.73 Å². The quantitative estimate of drug-likeness (QED) is 0.814. The van der Waals surface area contributed by atoms with E-state index in [1.54, 1.807) is 0 Å². The summed E-state index contributed by atoms with van der Waals surface area (Å²) >= 11 is 5.91. The van der Waals surface area contributed by atoms with Crippen molar-refractivity contribution in [2.75, 3.05) is 0 Å². The van der Waals surface area contributed by atoms with Crippen LogP contribution in [0.5, 0.6) is 0 Å². The molecule has 76 valence electrons. The zero-order chi connectivity index (χ0) is 9.97. The van der Waals surface area contributed by atoms with Crippen LogP contribution in [-0.4, -0.2) is 6.04 Å². The molecule has 2 N–H and O–H groups in total. The van der Waals surface area contributed by atoms with Crippen molar-refractivity contribution < 1.29 is 0 Å². The van der Waals surface area contributed by atoms with Gasteiger partial charge in [0.05, 0.1) is 0 Å². The Labute approximate surface area is 90.3 Å². The van der Waals surface area contributed by atoms with Crippen molar-refractivity contribution in [3.63, 3.8) is 0 Å². The fourth-order valence-electron chi connectivity index (χ4n) is 1.97. The molecule has 1 aliphatic rings. The minimum absolute atomic E-state index is 0.321. The van der Waals surface area contributed by atoms with E-state index in [1.807, 2.05) is 18.2 Å². The summed E-state index contributed by atoms with van der Waals surface area (Å²) in [5.41, 5.74) is 7.38. The van der Waals surface area contributed by atoms with Crippen LogP contribution in [0.3, 0.4) is 0 Å². The van der Waals surface area contributed by atoms with Crippen molar-refractivity contribution in [3.8, 4) is 0 Å². The Morgan fingerprint density at radius 1 is 1.43 bits per heavy atom. The Morgan fingerprint density at radius 2 is 2.21 bits per heavy atom. The topological polar surface area (TPSA) is 26.0 Å². The third-order valence-corrected chi connectivity index (χ3v) is 3.35. The van der Waals surface area contributed by atoms with Gasteiger partial charge < -0.3 is 5.73 Å². The van der Waals surface area contributed by atoms with Crippen molar-refractivity contribution in [1.82, 2.24) is 0 Å². The maximum atomic E-state index is 6.12. The molecule has 2 heteroatoms. The zero-order valence-corrected chi connectivity index (χ0v) is 9.00. The van der Waals surface area contributed by atoms with Gasteiger partial charge in [-0.1, -0.05) is 30.2 Å². The Morgan fingerprint density at radius 3 is 2.79 bits per heavy atom. The first-order valence-corrected chi connectivity index (χ1v) is 5.63. The molecular weight excluding hydrogens is 194 g/mol. The first-order valence-electron chi connectivity index (χ1n) is 5.26. The molecule has 0 aromatic heterocycles. The predicted octanol–water partition coefficient (Wildman–Crippen LogP) is 3.01. The Balaban J connectivity index is 1.95. The summed E-state index contributed by atoms with van der Waals surface area (Å²) in [5, 5.41) is 0.809. The molecule has 1 saturated carbocycles. The van der Waals surface area contributed by atoms with Crippen LogP contribution in [0.2, 0.25) is 5.02 Å². The smallest absolute Gasteiger partial charge is 0.0408 e. The Bertz CT molecular complexity index is 307. The molecular formula is C12H16ClN. The van der Waals surface area contributed by atoms with Gasteiger partial charge in [-0.25, -0.2) is 0 Å². The van der Waals surface area contributed by atoms with Gasteiger partial charge in [0.15, 0.2) is 0 Å². The summed E-state index contributed by atoms with van der Waals surface area (Å²) in [6.07, 6.45) is 4.93.